The molecule has 1 atom stereocenters. The van der Waals surface area contributed by atoms with E-state index in [0.29, 0.717) is 17.2 Å². The summed E-state index contributed by atoms with van der Waals surface area (Å²) in [5, 5.41) is 18.9. The maximum Gasteiger partial charge on any atom is 0.142 e. The summed E-state index contributed by atoms with van der Waals surface area (Å²) in [6, 6.07) is 14.2. The van der Waals surface area contributed by atoms with Crippen molar-refractivity contribution in [3.63, 3.8) is 0 Å². The fourth-order valence-corrected chi connectivity index (χ4v) is 1.77. The monoisotopic (exact) mass is 289 g/mol. The van der Waals surface area contributed by atoms with Crippen LogP contribution in [0, 0.1) is 0 Å². The highest BCUT2D eigenvalue weighted by molar-refractivity contribution is 5.51. The minimum atomic E-state index is -0.776. The van der Waals surface area contributed by atoms with Gasteiger partial charge in [-0.25, -0.2) is 0 Å². The summed E-state index contributed by atoms with van der Waals surface area (Å²) < 4.78 is 10.9. The fraction of sp³-hybridized carbons (Fsp3) is 0.250. The Hall–Kier alpha value is -2.24. The first-order valence-corrected chi connectivity index (χ1v) is 6.67. The Morgan fingerprint density at radius 2 is 1.76 bits per heavy atom. The molecule has 2 aromatic carbocycles. The molecule has 0 spiro atoms. The molecule has 0 saturated heterocycles. The molecule has 5 heteroatoms. The zero-order valence-electron chi connectivity index (χ0n) is 11.6. The molecule has 0 aliphatic rings. The topological polar surface area (TPSA) is 84.9 Å². The molecule has 2 aromatic rings. The molecular weight excluding hydrogens is 270 g/mol. The van der Waals surface area contributed by atoms with Gasteiger partial charge in [-0.05, 0) is 29.8 Å². The van der Waals surface area contributed by atoms with Gasteiger partial charge in [-0.3, -0.25) is 0 Å². The van der Waals surface area contributed by atoms with Gasteiger partial charge in [0.2, 0.25) is 0 Å². The van der Waals surface area contributed by atoms with Crippen molar-refractivity contribution >= 4 is 5.69 Å². The van der Waals surface area contributed by atoms with E-state index < -0.39 is 6.10 Å². The van der Waals surface area contributed by atoms with Crippen LogP contribution in [0.3, 0.4) is 0 Å². The number of aliphatic hydroxyl groups is 2. The minimum Gasteiger partial charge on any atom is -0.491 e. The van der Waals surface area contributed by atoms with Crippen LogP contribution in [0.2, 0.25) is 0 Å². The molecule has 0 aromatic heterocycles. The third kappa shape index (κ3) is 4.66. The third-order valence-electron chi connectivity index (χ3n) is 2.87. The SMILES string of the molecule is Nc1ccccc1OCC(O)COc1cccc(CO)c1. The zero-order valence-corrected chi connectivity index (χ0v) is 11.6. The molecule has 5 nitrogen and oxygen atoms in total. The Morgan fingerprint density at radius 1 is 1.00 bits per heavy atom. The highest BCUT2D eigenvalue weighted by Crippen LogP contribution is 2.20. The summed E-state index contributed by atoms with van der Waals surface area (Å²) in [5.41, 5.74) is 7.03. The van der Waals surface area contributed by atoms with Crippen molar-refractivity contribution in [2.75, 3.05) is 18.9 Å². The Morgan fingerprint density at radius 3 is 2.52 bits per heavy atom. The fourth-order valence-electron chi connectivity index (χ4n) is 1.77. The smallest absolute Gasteiger partial charge is 0.142 e. The molecule has 0 bridgehead atoms. The molecule has 0 aliphatic carbocycles. The molecule has 0 amide bonds. The van der Waals surface area contributed by atoms with Gasteiger partial charge in [-0.15, -0.1) is 0 Å². The lowest BCUT2D eigenvalue weighted by Crippen LogP contribution is -2.25. The minimum absolute atomic E-state index is 0.0455. The van der Waals surface area contributed by atoms with Crippen LogP contribution >= 0.6 is 0 Å². The predicted octanol–water partition coefficient (Wildman–Crippen LogP) is 1.58. The molecule has 112 valence electrons. The van der Waals surface area contributed by atoms with Crippen LogP contribution < -0.4 is 15.2 Å². The summed E-state index contributed by atoms with van der Waals surface area (Å²) in [6.07, 6.45) is -0.776. The van der Waals surface area contributed by atoms with Crippen molar-refractivity contribution < 1.29 is 19.7 Å². The number of nitrogen functional groups attached to an aromatic ring is 1. The van der Waals surface area contributed by atoms with Gasteiger partial charge in [-0.1, -0.05) is 24.3 Å². The predicted molar refractivity (Wildman–Crippen MR) is 80.2 cm³/mol. The average Bonchev–Trinajstić information content (AvgIpc) is 2.52. The normalized spacial score (nSPS) is 11.9. The van der Waals surface area contributed by atoms with Crippen molar-refractivity contribution in [3.05, 3.63) is 54.1 Å². The van der Waals surface area contributed by atoms with E-state index in [1.165, 1.54) is 0 Å². The quantitative estimate of drug-likeness (QED) is 0.674. The molecule has 0 aliphatic heterocycles. The maximum atomic E-state index is 9.85. The molecule has 0 saturated carbocycles. The van der Waals surface area contributed by atoms with Gasteiger partial charge in [-0.2, -0.15) is 0 Å². The summed E-state index contributed by atoms with van der Waals surface area (Å²) in [7, 11) is 0. The van der Waals surface area contributed by atoms with Crippen molar-refractivity contribution in [2.45, 2.75) is 12.7 Å². The first-order chi connectivity index (χ1) is 10.2. The number of ether oxygens (including phenoxy) is 2. The van der Waals surface area contributed by atoms with E-state index in [4.69, 9.17) is 20.3 Å². The van der Waals surface area contributed by atoms with E-state index in [-0.39, 0.29) is 19.8 Å². The third-order valence-corrected chi connectivity index (χ3v) is 2.87. The van der Waals surface area contributed by atoms with Crippen LogP contribution in [0.15, 0.2) is 48.5 Å². The van der Waals surface area contributed by atoms with Gasteiger partial charge in [0.05, 0.1) is 12.3 Å². The second kappa shape index (κ2) is 7.52. The first-order valence-electron chi connectivity index (χ1n) is 6.67. The van der Waals surface area contributed by atoms with E-state index in [0.717, 1.165) is 5.56 Å². The molecule has 4 N–H and O–H groups in total. The summed E-state index contributed by atoms with van der Waals surface area (Å²) >= 11 is 0. The van der Waals surface area contributed by atoms with Crippen LogP contribution in [0.25, 0.3) is 0 Å². The lowest BCUT2D eigenvalue weighted by molar-refractivity contribution is 0.0628. The number of hydrogen-bond donors (Lipinski definition) is 3. The molecule has 1 unspecified atom stereocenters. The number of anilines is 1. The Balaban J connectivity index is 1.79. The van der Waals surface area contributed by atoms with Gasteiger partial charge in [0.25, 0.3) is 0 Å². The van der Waals surface area contributed by atoms with E-state index in [1.807, 2.05) is 12.1 Å². The van der Waals surface area contributed by atoms with Crippen LogP contribution in [0.1, 0.15) is 5.56 Å². The van der Waals surface area contributed by atoms with Gasteiger partial charge in [0.1, 0.15) is 30.8 Å². The largest absolute Gasteiger partial charge is 0.491 e. The maximum absolute atomic E-state index is 9.85. The number of rotatable bonds is 7. The number of benzene rings is 2. The highest BCUT2D eigenvalue weighted by atomic mass is 16.5. The second-order valence-electron chi connectivity index (χ2n) is 4.62. The highest BCUT2D eigenvalue weighted by Gasteiger charge is 2.08. The summed E-state index contributed by atoms with van der Waals surface area (Å²) in [4.78, 5) is 0. The van der Waals surface area contributed by atoms with Crippen LogP contribution in [0.4, 0.5) is 5.69 Å². The molecule has 21 heavy (non-hydrogen) atoms. The van der Waals surface area contributed by atoms with Crippen LogP contribution in [0.5, 0.6) is 11.5 Å². The first kappa shape index (κ1) is 15.2. The van der Waals surface area contributed by atoms with Gasteiger partial charge < -0.3 is 25.4 Å². The summed E-state index contributed by atoms with van der Waals surface area (Å²) in [6.45, 7) is 0.145. The lowest BCUT2D eigenvalue weighted by Gasteiger charge is -2.14. The van der Waals surface area contributed by atoms with Crippen molar-refractivity contribution in [2.24, 2.45) is 0 Å². The van der Waals surface area contributed by atoms with Crippen molar-refractivity contribution in [3.8, 4) is 11.5 Å². The van der Waals surface area contributed by atoms with E-state index in [9.17, 15) is 5.11 Å². The lowest BCUT2D eigenvalue weighted by atomic mass is 10.2. The molecule has 0 radical (unpaired) electrons. The number of para-hydroxylation sites is 2. The zero-order chi connectivity index (χ0) is 15.1. The van der Waals surface area contributed by atoms with E-state index in [1.54, 1.807) is 36.4 Å². The standard InChI is InChI=1S/C16H19NO4/c17-15-6-1-2-7-16(15)21-11-13(19)10-20-14-5-3-4-12(8-14)9-18/h1-8,13,18-19H,9-11,17H2. The molecular formula is C16H19NO4. The van der Waals surface area contributed by atoms with Gasteiger partial charge in [0, 0.05) is 0 Å². The average molecular weight is 289 g/mol. The molecule has 0 fully saturated rings. The number of nitrogens with two attached hydrogens (primary N) is 1. The number of hydrogen-bond acceptors (Lipinski definition) is 5. The Kier molecular flexibility index (Phi) is 5.43. The Labute approximate surface area is 123 Å². The van der Waals surface area contributed by atoms with Crippen molar-refractivity contribution in [1.82, 2.24) is 0 Å². The van der Waals surface area contributed by atoms with E-state index in [2.05, 4.69) is 0 Å². The number of aliphatic hydroxyl groups excluding tert-OH is 2. The second-order valence-corrected chi connectivity index (χ2v) is 4.62. The van der Waals surface area contributed by atoms with E-state index >= 15 is 0 Å². The van der Waals surface area contributed by atoms with Crippen molar-refractivity contribution in [1.29, 1.82) is 0 Å². The molecule has 0 heterocycles. The van der Waals surface area contributed by atoms with Crippen LogP contribution in [-0.2, 0) is 6.61 Å². The molecule has 2 rings (SSSR count). The van der Waals surface area contributed by atoms with Gasteiger partial charge >= 0.3 is 0 Å². The Bertz CT molecular complexity index is 574. The summed E-state index contributed by atoms with van der Waals surface area (Å²) in [5.74, 6) is 1.14. The van der Waals surface area contributed by atoms with Crippen LogP contribution in [-0.4, -0.2) is 29.5 Å². The van der Waals surface area contributed by atoms with Gasteiger partial charge in [0.15, 0.2) is 0 Å².